The van der Waals surface area contributed by atoms with Gasteiger partial charge in [0.1, 0.15) is 0 Å². The molecule has 1 aliphatic rings. The first-order valence-electron chi connectivity index (χ1n) is 5.71. The normalized spacial score (nSPS) is 21.9. The number of pyridine rings is 1. The van der Waals surface area contributed by atoms with Crippen molar-refractivity contribution in [3.05, 3.63) is 23.8 Å². The highest BCUT2D eigenvalue weighted by molar-refractivity contribution is 6.62. The van der Waals surface area contributed by atoms with Gasteiger partial charge in [-0.05, 0) is 52.2 Å². The summed E-state index contributed by atoms with van der Waals surface area (Å²) in [6.45, 7) is 9.63. The van der Waals surface area contributed by atoms with Crippen molar-refractivity contribution in [2.24, 2.45) is 0 Å². The summed E-state index contributed by atoms with van der Waals surface area (Å²) in [5, 5.41) is 0. The summed E-state index contributed by atoms with van der Waals surface area (Å²) >= 11 is 0. The second-order valence-electron chi connectivity index (χ2n) is 5.45. The quantitative estimate of drug-likeness (QED) is 0.551. The van der Waals surface area contributed by atoms with Gasteiger partial charge in [-0.25, -0.2) is 4.98 Å². The van der Waals surface area contributed by atoms with Crippen molar-refractivity contribution in [2.45, 2.75) is 45.8 Å². The van der Waals surface area contributed by atoms with Gasteiger partial charge in [-0.15, -0.1) is 0 Å². The average Bonchev–Trinajstić information content (AvgIpc) is 2.34. The molecule has 1 saturated heterocycles. The minimum absolute atomic E-state index is 0.411. The highest BCUT2D eigenvalue weighted by Gasteiger charge is 2.51. The van der Waals surface area contributed by atoms with Crippen molar-refractivity contribution in [1.82, 2.24) is 4.98 Å². The maximum atomic E-state index is 13.2. The Morgan fingerprint density at radius 2 is 1.65 bits per heavy atom. The van der Waals surface area contributed by atoms with Crippen molar-refractivity contribution in [3.8, 4) is 0 Å². The summed E-state index contributed by atoms with van der Waals surface area (Å²) in [6, 6.07) is 3.14. The third kappa shape index (κ3) is 2.22. The Kier molecular flexibility index (Phi) is 2.79. The van der Waals surface area contributed by atoms with Crippen LogP contribution in [0.1, 0.15) is 33.4 Å². The van der Waals surface area contributed by atoms with Crippen LogP contribution in [0.5, 0.6) is 0 Å². The van der Waals surface area contributed by atoms with E-state index < -0.39 is 24.3 Å². The van der Waals surface area contributed by atoms with Crippen LogP contribution in [0.3, 0.4) is 0 Å². The maximum Gasteiger partial charge on any atom is 0.495 e. The summed E-state index contributed by atoms with van der Waals surface area (Å²) in [4.78, 5) is 3.70. The molecule has 0 bridgehead atoms. The zero-order valence-corrected chi connectivity index (χ0v) is 10.9. The van der Waals surface area contributed by atoms with Crippen LogP contribution in [0.15, 0.2) is 12.1 Å². The van der Waals surface area contributed by atoms with Crippen LogP contribution < -0.4 is 5.46 Å². The molecule has 0 unspecified atom stereocenters. The zero-order valence-electron chi connectivity index (χ0n) is 10.9. The fourth-order valence-electron chi connectivity index (χ4n) is 1.77. The lowest BCUT2D eigenvalue weighted by Gasteiger charge is -2.32. The molecule has 1 fully saturated rings. The van der Waals surface area contributed by atoms with E-state index in [9.17, 15) is 4.39 Å². The van der Waals surface area contributed by atoms with E-state index in [1.807, 2.05) is 27.7 Å². The third-order valence-electron chi connectivity index (χ3n) is 3.47. The van der Waals surface area contributed by atoms with Crippen molar-refractivity contribution < 1.29 is 13.7 Å². The monoisotopic (exact) mass is 237 g/mol. The molecule has 5 heteroatoms. The van der Waals surface area contributed by atoms with E-state index in [-0.39, 0.29) is 0 Å². The van der Waals surface area contributed by atoms with Gasteiger partial charge in [-0.2, -0.15) is 4.39 Å². The molecule has 1 aromatic rings. The molecule has 0 spiro atoms. The second kappa shape index (κ2) is 3.78. The van der Waals surface area contributed by atoms with Gasteiger partial charge < -0.3 is 9.31 Å². The molecule has 2 rings (SSSR count). The second-order valence-corrected chi connectivity index (χ2v) is 5.45. The van der Waals surface area contributed by atoms with E-state index in [4.69, 9.17) is 9.31 Å². The zero-order chi connectivity index (χ0) is 12.8. The van der Waals surface area contributed by atoms with Crippen molar-refractivity contribution in [3.63, 3.8) is 0 Å². The fourth-order valence-corrected chi connectivity index (χ4v) is 1.77. The SMILES string of the molecule is Cc1cc(B2OC(C)(C)C(C)(C)O2)cc(F)n1. The van der Waals surface area contributed by atoms with Gasteiger partial charge in [0.25, 0.3) is 0 Å². The summed E-state index contributed by atoms with van der Waals surface area (Å²) in [5.74, 6) is -0.505. The lowest BCUT2D eigenvalue weighted by atomic mass is 9.79. The molecule has 1 aromatic heterocycles. The number of aromatic nitrogens is 1. The molecule has 3 nitrogen and oxygen atoms in total. The molecule has 1 aliphatic heterocycles. The summed E-state index contributed by atoms with van der Waals surface area (Å²) in [7, 11) is -0.531. The van der Waals surface area contributed by atoms with Crippen LogP contribution in [-0.4, -0.2) is 23.3 Å². The summed E-state index contributed by atoms with van der Waals surface area (Å²) in [5.41, 5.74) is 0.472. The Bertz CT molecular complexity index is 412. The molecule has 2 heterocycles. The molecule has 0 aliphatic carbocycles. The van der Waals surface area contributed by atoms with Gasteiger partial charge >= 0.3 is 7.12 Å². The average molecular weight is 237 g/mol. The fraction of sp³-hybridized carbons (Fsp3) is 0.583. The van der Waals surface area contributed by atoms with Crippen LogP contribution in [0.25, 0.3) is 0 Å². The Labute approximate surface area is 101 Å². The van der Waals surface area contributed by atoms with Crippen LogP contribution >= 0.6 is 0 Å². The number of rotatable bonds is 1. The van der Waals surface area contributed by atoms with Gasteiger partial charge in [0.2, 0.25) is 5.95 Å². The van der Waals surface area contributed by atoms with Crippen molar-refractivity contribution in [2.75, 3.05) is 0 Å². The van der Waals surface area contributed by atoms with Crippen LogP contribution in [-0.2, 0) is 9.31 Å². The Hall–Kier alpha value is -0.935. The number of halogens is 1. The predicted molar refractivity (Wildman–Crippen MR) is 64.6 cm³/mol. The molecule has 0 saturated carbocycles. The van der Waals surface area contributed by atoms with E-state index >= 15 is 0 Å². The Morgan fingerprint density at radius 3 is 2.12 bits per heavy atom. The van der Waals surface area contributed by atoms with E-state index in [0.29, 0.717) is 11.2 Å². The standard InChI is InChI=1S/C12H17BFNO2/c1-8-6-9(7-10(14)15-8)13-16-11(2,3)12(4,5)17-13/h6-7H,1-5H3. The molecule has 0 amide bonds. The van der Waals surface area contributed by atoms with Crippen molar-refractivity contribution >= 4 is 12.6 Å². The summed E-state index contributed by atoms with van der Waals surface area (Å²) < 4.78 is 24.9. The first-order chi connectivity index (χ1) is 7.71. The van der Waals surface area contributed by atoms with E-state index in [2.05, 4.69) is 4.98 Å². The first-order valence-corrected chi connectivity index (χ1v) is 5.71. The van der Waals surface area contributed by atoms with Gasteiger partial charge in [-0.1, -0.05) is 0 Å². The number of nitrogens with zero attached hydrogens (tertiary/aromatic N) is 1. The van der Waals surface area contributed by atoms with Gasteiger partial charge in [0, 0.05) is 5.69 Å². The third-order valence-corrected chi connectivity index (χ3v) is 3.47. The molecule has 0 aromatic carbocycles. The molecular formula is C12H17BFNO2. The van der Waals surface area contributed by atoms with Crippen LogP contribution in [0.4, 0.5) is 4.39 Å². The van der Waals surface area contributed by atoms with E-state index in [1.165, 1.54) is 6.07 Å². The number of hydrogen-bond acceptors (Lipinski definition) is 3. The van der Waals surface area contributed by atoms with Gasteiger partial charge in [0.05, 0.1) is 11.2 Å². The van der Waals surface area contributed by atoms with Gasteiger partial charge in [-0.3, -0.25) is 0 Å². The highest BCUT2D eigenvalue weighted by atomic mass is 19.1. The molecule has 92 valence electrons. The molecular weight excluding hydrogens is 220 g/mol. The van der Waals surface area contributed by atoms with E-state index in [1.54, 1.807) is 13.0 Å². The van der Waals surface area contributed by atoms with Crippen LogP contribution in [0.2, 0.25) is 0 Å². The minimum Gasteiger partial charge on any atom is -0.399 e. The molecule has 0 radical (unpaired) electrons. The van der Waals surface area contributed by atoms with Crippen molar-refractivity contribution in [1.29, 1.82) is 0 Å². The largest absolute Gasteiger partial charge is 0.495 e. The predicted octanol–water partition coefficient (Wildman–Crippen LogP) is 1.83. The van der Waals surface area contributed by atoms with Crippen LogP contribution in [0, 0.1) is 12.9 Å². The molecule has 0 atom stereocenters. The number of aryl methyl sites for hydroxylation is 1. The first kappa shape index (κ1) is 12.5. The minimum atomic E-state index is -0.531. The Balaban J connectivity index is 2.32. The topological polar surface area (TPSA) is 31.4 Å². The molecule has 0 N–H and O–H groups in total. The van der Waals surface area contributed by atoms with Gasteiger partial charge in [0.15, 0.2) is 0 Å². The number of hydrogen-bond donors (Lipinski definition) is 0. The van der Waals surface area contributed by atoms with E-state index in [0.717, 1.165) is 0 Å². The highest BCUT2D eigenvalue weighted by Crippen LogP contribution is 2.36. The lowest BCUT2D eigenvalue weighted by Crippen LogP contribution is -2.41. The smallest absolute Gasteiger partial charge is 0.399 e. The molecule has 17 heavy (non-hydrogen) atoms. The lowest BCUT2D eigenvalue weighted by molar-refractivity contribution is 0.00578. The maximum absolute atomic E-state index is 13.2. The summed E-state index contributed by atoms with van der Waals surface area (Å²) in [6.07, 6.45) is 0. The Morgan fingerprint density at radius 1 is 1.12 bits per heavy atom.